The predicted octanol–water partition coefficient (Wildman–Crippen LogP) is 4.44. The fraction of sp³-hybridized carbons (Fsp3) is 0.217. The Balaban J connectivity index is 1.82. The van der Waals surface area contributed by atoms with E-state index in [1.807, 2.05) is 50.4 Å². The number of nitrogens with zero attached hydrogens (tertiary/aromatic N) is 3. The van der Waals surface area contributed by atoms with Gasteiger partial charge in [-0.25, -0.2) is 9.37 Å². The Kier molecular flexibility index (Phi) is 4.70. The zero-order valence-corrected chi connectivity index (χ0v) is 16.9. The predicted molar refractivity (Wildman–Crippen MR) is 110 cm³/mol. The minimum absolute atomic E-state index is 0.127. The lowest BCUT2D eigenvalue weighted by Gasteiger charge is -2.14. The van der Waals surface area contributed by atoms with Gasteiger partial charge in [-0.2, -0.15) is 0 Å². The van der Waals surface area contributed by atoms with Crippen LogP contribution in [0.2, 0.25) is 0 Å². The van der Waals surface area contributed by atoms with E-state index in [4.69, 9.17) is 4.74 Å². The lowest BCUT2D eigenvalue weighted by atomic mass is 10.0. The SMILES string of the molecule is Cc1cc(F)cc(C)c1COc1cc(-n2ccccc2=O)cn2c(C)c(C)nc12. The van der Waals surface area contributed by atoms with Crippen molar-refractivity contribution in [3.63, 3.8) is 0 Å². The van der Waals surface area contributed by atoms with Crippen LogP contribution in [-0.4, -0.2) is 14.0 Å². The third kappa shape index (κ3) is 3.42. The third-order valence-electron chi connectivity index (χ3n) is 5.28. The molecule has 0 saturated carbocycles. The first-order valence-electron chi connectivity index (χ1n) is 9.41. The number of aryl methyl sites for hydroxylation is 4. The highest BCUT2D eigenvalue weighted by Crippen LogP contribution is 2.27. The highest BCUT2D eigenvalue weighted by atomic mass is 19.1. The number of hydrogen-bond acceptors (Lipinski definition) is 3. The zero-order chi connectivity index (χ0) is 20.7. The molecule has 1 aromatic carbocycles. The van der Waals surface area contributed by atoms with Crippen molar-refractivity contribution in [2.75, 3.05) is 0 Å². The molecule has 0 fully saturated rings. The van der Waals surface area contributed by atoms with Gasteiger partial charge >= 0.3 is 0 Å². The monoisotopic (exact) mass is 391 g/mol. The molecule has 0 N–H and O–H groups in total. The normalized spacial score (nSPS) is 11.2. The average molecular weight is 391 g/mol. The summed E-state index contributed by atoms with van der Waals surface area (Å²) in [6.45, 7) is 7.94. The summed E-state index contributed by atoms with van der Waals surface area (Å²) in [6, 6.07) is 9.86. The Bertz CT molecular complexity index is 1260. The maximum absolute atomic E-state index is 13.6. The Morgan fingerprint density at radius 2 is 1.79 bits per heavy atom. The van der Waals surface area contributed by atoms with E-state index in [1.54, 1.807) is 16.8 Å². The van der Waals surface area contributed by atoms with Crippen molar-refractivity contribution in [3.05, 3.63) is 93.0 Å². The second-order valence-electron chi connectivity index (χ2n) is 7.25. The Morgan fingerprint density at radius 1 is 1.07 bits per heavy atom. The molecule has 0 saturated heterocycles. The van der Waals surface area contributed by atoms with Gasteiger partial charge in [-0.3, -0.25) is 13.8 Å². The first-order chi connectivity index (χ1) is 13.8. The molecule has 0 spiro atoms. The van der Waals surface area contributed by atoms with Crippen LogP contribution in [-0.2, 0) is 6.61 Å². The van der Waals surface area contributed by atoms with Crippen LogP contribution in [0.5, 0.6) is 5.75 Å². The molecule has 0 aliphatic heterocycles. The molecule has 3 aromatic heterocycles. The van der Waals surface area contributed by atoms with Crippen molar-refractivity contribution >= 4 is 5.65 Å². The standard InChI is InChI=1S/C23H22FN3O2/c1-14-9-18(24)10-15(2)20(14)13-29-21-11-19(26-8-6-5-7-22(26)28)12-27-17(4)16(3)25-23(21)27/h5-12H,13H2,1-4H3. The van der Waals surface area contributed by atoms with Crippen LogP contribution in [0.3, 0.4) is 0 Å². The zero-order valence-electron chi connectivity index (χ0n) is 16.9. The Labute approximate surface area is 168 Å². The van der Waals surface area contributed by atoms with Gasteiger partial charge in [0.25, 0.3) is 5.56 Å². The molecule has 3 heterocycles. The van der Waals surface area contributed by atoms with Crippen molar-refractivity contribution in [1.29, 1.82) is 0 Å². The molecule has 6 heteroatoms. The fourth-order valence-corrected chi connectivity index (χ4v) is 3.52. The van der Waals surface area contributed by atoms with Crippen molar-refractivity contribution in [2.24, 2.45) is 0 Å². The molecular formula is C23H22FN3O2. The molecule has 4 rings (SSSR count). The lowest BCUT2D eigenvalue weighted by Crippen LogP contribution is -2.16. The highest BCUT2D eigenvalue weighted by Gasteiger charge is 2.15. The molecule has 0 unspecified atom stereocenters. The maximum Gasteiger partial charge on any atom is 0.255 e. The van der Waals surface area contributed by atoms with Crippen LogP contribution in [0.1, 0.15) is 28.1 Å². The summed E-state index contributed by atoms with van der Waals surface area (Å²) in [7, 11) is 0. The summed E-state index contributed by atoms with van der Waals surface area (Å²) in [4.78, 5) is 17.0. The summed E-state index contributed by atoms with van der Waals surface area (Å²) in [5, 5.41) is 0. The number of benzene rings is 1. The van der Waals surface area contributed by atoms with E-state index in [9.17, 15) is 9.18 Å². The number of hydrogen-bond donors (Lipinski definition) is 0. The number of fused-ring (bicyclic) bond motifs is 1. The van der Waals surface area contributed by atoms with Crippen LogP contribution in [0.4, 0.5) is 4.39 Å². The van der Waals surface area contributed by atoms with Crippen molar-refractivity contribution in [1.82, 2.24) is 14.0 Å². The van der Waals surface area contributed by atoms with E-state index in [0.717, 1.165) is 28.1 Å². The van der Waals surface area contributed by atoms with Crippen molar-refractivity contribution < 1.29 is 9.13 Å². The van der Waals surface area contributed by atoms with E-state index in [1.165, 1.54) is 18.2 Å². The largest absolute Gasteiger partial charge is 0.485 e. The summed E-state index contributed by atoms with van der Waals surface area (Å²) in [5.41, 5.74) is 5.72. The van der Waals surface area contributed by atoms with Gasteiger partial charge in [0.1, 0.15) is 12.4 Å². The molecule has 5 nitrogen and oxygen atoms in total. The summed E-state index contributed by atoms with van der Waals surface area (Å²) in [5.74, 6) is 0.314. The molecular weight excluding hydrogens is 369 g/mol. The van der Waals surface area contributed by atoms with Gasteiger partial charge in [-0.1, -0.05) is 6.07 Å². The topological polar surface area (TPSA) is 48.5 Å². The van der Waals surface area contributed by atoms with Gasteiger partial charge in [-0.15, -0.1) is 0 Å². The molecule has 4 aromatic rings. The molecule has 0 atom stereocenters. The maximum atomic E-state index is 13.6. The van der Waals surface area contributed by atoms with Crippen LogP contribution >= 0.6 is 0 Å². The molecule has 0 bridgehead atoms. The number of imidazole rings is 1. The fourth-order valence-electron chi connectivity index (χ4n) is 3.52. The second-order valence-corrected chi connectivity index (χ2v) is 7.25. The Morgan fingerprint density at radius 3 is 2.48 bits per heavy atom. The molecule has 148 valence electrons. The smallest absolute Gasteiger partial charge is 0.255 e. The highest BCUT2D eigenvalue weighted by molar-refractivity contribution is 5.60. The molecule has 0 aliphatic carbocycles. The van der Waals surface area contributed by atoms with Crippen LogP contribution in [0.25, 0.3) is 11.3 Å². The molecule has 0 amide bonds. The third-order valence-corrected chi connectivity index (χ3v) is 5.28. The van der Waals surface area contributed by atoms with E-state index >= 15 is 0 Å². The molecule has 0 radical (unpaired) electrons. The number of halogens is 1. The van der Waals surface area contributed by atoms with Gasteiger partial charge in [0.2, 0.25) is 0 Å². The first-order valence-corrected chi connectivity index (χ1v) is 9.41. The summed E-state index contributed by atoms with van der Waals surface area (Å²) >= 11 is 0. The van der Waals surface area contributed by atoms with E-state index < -0.39 is 0 Å². The van der Waals surface area contributed by atoms with E-state index in [2.05, 4.69) is 4.98 Å². The summed E-state index contributed by atoms with van der Waals surface area (Å²) < 4.78 is 23.3. The average Bonchev–Trinajstić information content (AvgIpc) is 2.96. The number of ether oxygens (including phenoxy) is 1. The Hall–Kier alpha value is -3.41. The number of pyridine rings is 2. The van der Waals surface area contributed by atoms with Gasteiger partial charge in [0, 0.05) is 30.2 Å². The van der Waals surface area contributed by atoms with E-state index in [0.29, 0.717) is 17.1 Å². The van der Waals surface area contributed by atoms with Gasteiger partial charge < -0.3 is 4.74 Å². The number of rotatable bonds is 4. The number of aromatic nitrogens is 3. The second kappa shape index (κ2) is 7.20. The van der Waals surface area contributed by atoms with Crippen LogP contribution in [0, 0.1) is 33.5 Å². The minimum Gasteiger partial charge on any atom is -0.485 e. The van der Waals surface area contributed by atoms with Crippen LogP contribution < -0.4 is 10.3 Å². The minimum atomic E-state index is -0.254. The lowest BCUT2D eigenvalue weighted by molar-refractivity contribution is 0.306. The first kappa shape index (κ1) is 18.9. The molecule has 29 heavy (non-hydrogen) atoms. The molecule has 0 aliphatic rings. The van der Waals surface area contributed by atoms with Gasteiger partial charge in [0.15, 0.2) is 11.4 Å². The van der Waals surface area contributed by atoms with Gasteiger partial charge in [0.05, 0.1) is 11.4 Å². The van der Waals surface area contributed by atoms with Crippen molar-refractivity contribution in [2.45, 2.75) is 34.3 Å². The van der Waals surface area contributed by atoms with Crippen molar-refractivity contribution in [3.8, 4) is 11.4 Å². The van der Waals surface area contributed by atoms with Gasteiger partial charge in [-0.05, 0) is 62.6 Å². The van der Waals surface area contributed by atoms with Crippen LogP contribution in [0.15, 0.2) is 53.6 Å². The quantitative estimate of drug-likeness (QED) is 0.517. The summed E-state index contributed by atoms with van der Waals surface area (Å²) in [6.07, 6.45) is 3.61. The van der Waals surface area contributed by atoms with E-state index in [-0.39, 0.29) is 18.0 Å².